The minimum absolute atomic E-state index is 0. The van der Waals surface area contributed by atoms with E-state index in [-0.39, 0.29) is 36.1 Å². The molecule has 0 bridgehead atoms. The number of carboxylic acid groups (broad SMARTS) is 2. The number of nitrogens with zero attached hydrogens (tertiary/aromatic N) is 2. The highest BCUT2D eigenvalue weighted by Gasteiger charge is 2.22. The van der Waals surface area contributed by atoms with E-state index in [0.29, 0.717) is 23.8 Å². The fourth-order valence-corrected chi connectivity index (χ4v) is 6.43. The summed E-state index contributed by atoms with van der Waals surface area (Å²) < 4.78 is 0. The summed E-state index contributed by atoms with van der Waals surface area (Å²) in [6, 6.07) is 8.46. The molecule has 9 heteroatoms. The number of unbranched alkanes of at least 4 members (excludes halogenated alkanes) is 4. The molecule has 0 aliphatic heterocycles. The molecular formula is C38H58Cl2N2O5. The molecule has 0 heterocycles. The van der Waals surface area contributed by atoms with Crippen molar-refractivity contribution in [2.75, 3.05) is 39.3 Å². The average molecular weight is 694 g/mol. The van der Waals surface area contributed by atoms with Gasteiger partial charge < -0.3 is 25.1 Å². The van der Waals surface area contributed by atoms with Crippen molar-refractivity contribution in [1.82, 2.24) is 9.80 Å². The van der Waals surface area contributed by atoms with Gasteiger partial charge in [-0.15, -0.1) is 24.8 Å². The lowest BCUT2D eigenvalue weighted by molar-refractivity contribution is 0.0684. The molecule has 47 heavy (non-hydrogen) atoms. The Labute approximate surface area is 294 Å². The third kappa shape index (κ3) is 12.1. The first-order valence-corrected chi connectivity index (χ1v) is 17.4. The third-order valence-electron chi connectivity index (χ3n) is 9.02. The van der Waals surface area contributed by atoms with Crippen molar-refractivity contribution in [2.24, 2.45) is 0 Å². The van der Waals surface area contributed by atoms with Gasteiger partial charge in [0.1, 0.15) is 5.75 Å². The van der Waals surface area contributed by atoms with Crippen molar-refractivity contribution in [3.63, 3.8) is 0 Å². The molecule has 0 aromatic heterocycles. The van der Waals surface area contributed by atoms with Crippen LogP contribution in [0.3, 0.4) is 0 Å². The number of benzene rings is 3. The summed E-state index contributed by atoms with van der Waals surface area (Å²) in [6.07, 6.45) is 12.1. The maximum absolute atomic E-state index is 13.0. The van der Waals surface area contributed by atoms with Crippen molar-refractivity contribution in [3.05, 3.63) is 52.6 Å². The Morgan fingerprint density at radius 1 is 0.574 bits per heavy atom. The molecule has 0 fully saturated rings. The highest BCUT2D eigenvalue weighted by Crippen LogP contribution is 2.38. The molecule has 0 radical (unpaired) electrons. The van der Waals surface area contributed by atoms with E-state index in [2.05, 4.69) is 37.5 Å². The number of hydrogen-bond acceptors (Lipinski definition) is 5. The van der Waals surface area contributed by atoms with Crippen LogP contribution >= 0.6 is 24.8 Å². The minimum Gasteiger partial charge on any atom is -0.507 e. The van der Waals surface area contributed by atoms with E-state index in [0.717, 1.165) is 131 Å². The number of halogens is 2. The number of fused-ring (bicyclic) bond motifs is 3. The van der Waals surface area contributed by atoms with Crippen LogP contribution < -0.4 is 0 Å². The molecule has 264 valence electrons. The first-order chi connectivity index (χ1) is 21.7. The van der Waals surface area contributed by atoms with Gasteiger partial charge in [0.25, 0.3) is 0 Å². The average Bonchev–Trinajstić information content (AvgIpc) is 3.02. The summed E-state index contributed by atoms with van der Waals surface area (Å²) >= 11 is 0. The van der Waals surface area contributed by atoms with Crippen molar-refractivity contribution in [1.29, 1.82) is 0 Å². The van der Waals surface area contributed by atoms with E-state index in [9.17, 15) is 24.9 Å². The summed E-state index contributed by atoms with van der Waals surface area (Å²) in [5.41, 5.74) is 2.07. The zero-order valence-corrected chi connectivity index (χ0v) is 30.6. The summed E-state index contributed by atoms with van der Waals surface area (Å²) in [4.78, 5) is 29.7. The van der Waals surface area contributed by atoms with Gasteiger partial charge in [-0.05, 0) is 142 Å². The number of carbonyl (C=O) groups is 2. The molecule has 0 saturated heterocycles. The van der Waals surface area contributed by atoms with Crippen molar-refractivity contribution in [2.45, 2.75) is 105 Å². The highest BCUT2D eigenvalue weighted by molar-refractivity contribution is 6.14. The smallest absolute Gasteiger partial charge is 0.336 e. The molecule has 0 aliphatic carbocycles. The van der Waals surface area contributed by atoms with Crippen molar-refractivity contribution in [3.8, 4) is 5.75 Å². The fraction of sp³-hybridized carbons (Fsp3) is 0.579. The number of phenols is 1. The molecule has 0 saturated carbocycles. The lowest BCUT2D eigenvalue weighted by Gasteiger charge is -2.24. The van der Waals surface area contributed by atoms with Crippen LogP contribution in [0.25, 0.3) is 21.5 Å². The summed E-state index contributed by atoms with van der Waals surface area (Å²) in [5, 5.41) is 34.1. The fourth-order valence-electron chi connectivity index (χ4n) is 6.43. The zero-order valence-electron chi connectivity index (χ0n) is 29.0. The highest BCUT2D eigenvalue weighted by atomic mass is 35.5. The largest absolute Gasteiger partial charge is 0.507 e. The van der Waals surface area contributed by atoms with E-state index in [1.165, 1.54) is 6.07 Å². The van der Waals surface area contributed by atoms with E-state index in [4.69, 9.17) is 0 Å². The monoisotopic (exact) mass is 692 g/mol. The van der Waals surface area contributed by atoms with Gasteiger partial charge in [-0.2, -0.15) is 0 Å². The van der Waals surface area contributed by atoms with Gasteiger partial charge in [-0.25, -0.2) is 9.59 Å². The Hall–Kier alpha value is -2.58. The van der Waals surface area contributed by atoms with Gasteiger partial charge >= 0.3 is 11.9 Å². The quantitative estimate of drug-likeness (QED) is 0.0901. The Bertz CT molecular complexity index is 1400. The maximum Gasteiger partial charge on any atom is 0.336 e. The number of aromatic carboxylic acids is 2. The first kappa shape index (κ1) is 42.4. The predicted octanol–water partition coefficient (Wildman–Crippen LogP) is 9.61. The second kappa shape index (κ2) is 22.1. The second-order valence-corrected chi connectivity index (χ2v) is 12.6. The number of hydrogen-bond donors (Lipinski definition) is 3. The molecule has 0 unspecified atom stereocenters. The minimum atomic E-state index is -1.05. The van der Waals surface area contributed by atoms with Crippen LogP contribution in [0.1, 0.15) is 124 Å². The lowest BCUT2D eigenvalue weighted by atomic mass is 9.87. The van der Waals surface area contributed by atoms with Crippen LogP contribution in [0.5, 0.6) is 5.75 Å². The first-order valence-electron chi connectivity index (χ1n) is 17.4. The van der Waals surface area contributed by atoms with Crippen LogP contribution in [-0.2, 0) is 12.8 Å². The standard InChI is InChI=1S/C38H56N2O5.2ClH/c1-5-9-19-39(20-10-6-2)23-13-15-28-25-32-30-18-17-29(37(42)43)26-34(30)35(41)27-33(32)31(36(28)38(44)45)16-14-24-40(21-11-7-3)22-12-8-4;;/h17-18,25-27,41H,5-16,19-24H2,1-4H3,(H,42,43)(H,44,45);2*1H. The van der Waals surface area contributed by atoms with Gasteiger partial charge in [-0.3, -0.25) is 0 Å². The molecule has 3 aromatic rings. The Morgan fingerprint density at radius 2 is 1.06 bits per heavy atom. The Kier molecular flexibility index (Phi) is 20.0. The number of phenolic OH excluding ortho intramolecular Hbond substituents is 1. The molecule has 0 atom stereocenters. The van der Waals surface area contributed by atoms with Crippen molar-refractivity contribution < 1.29 is 24.9 Å². The second-order valence-electron chi connectivity index (χ2n) is 12.6. The Morgan fingerprint density at radius 3 is 1.53 bits per heavy atom. The molecule has 0 aliphatic rings. The molecular weight excluding hydrogens is 635 g/mol. The Balaban J connectivity index is 0.00000552. The molecule has 7 nitrogen and oxygen atoms in total. The predicted molar refractivity (Wildman–Crippen MR) is 201 cm³/mol. The molecule has 3 rings (SSSR count). The number of aromatic hydroxyl groups is 1. The number of aryl methyl sites for hydroxylation is 2. The topological polar surface area (TPSA) is 101 Å². The van der Waals surface area contributed by atoms with E-state index >= 15 is 0 Å². The number of carboxylic acids is 2. The molecule has 3 aromatic carbocycles. The van der Waals surface area contributed by atoms with Crippen LogP contribution in [0.15, 0.2) is 30.3 Å². The van der Waals surface area contributed by atoms with Crippen LogP contribution in [-0.4, -0.2) is 76.3 Å². The van der Waals surface area contributed by atoms with E-state index in [1.54, 1.807) is 18.2 Å². The third-order valence-corrected chi connectivity index (χ3v) is 9.02. The summed E-state index contributed by atoms with van der Waals surface area (Å²) in [7, 11) is 0. The van der Waals surface area contributed by atoms with E-state index < -0.39 is 11.9 Å². The maximum atomic E-state index is 13.0. The van der Waals surface area contributed by atoms with Crippen LogP contribution in [0, 0.1) is 0 Å². The van der Waals surface area contributed by atoms with Gasteiger partial charge in [0, 0.05) is 5.39 Å². The van der Waals surface area contributed by atoms with Crippen LogP contribution in [0.4, 0.5) is 0 Å². The molecule has 0 spiro atoms. The van der Waals surface area contributed by atoms with E-state index in [1.807, 2.05) is 6.07 Å². The summed E-state index contributed by atoms with van der Waals surface area (Å²) in [5.74, 6) is -2.00. The lowest BCUT2D eigenvalue weighted by Crippen LogP contribution is -2.28. The SMILES string of the molecule is CCCCN(CCCC)CCCc1cc2c(cc(O)c3cc(C(=O)O)ccc32)c(CCCN(CCCC)CCCC)c1C(=O)O.Cl.Cl. The van der Waals surface area contributed by atoms with Gasteiger partial charge in [0.2, 0.25) is 0 Å². The van der Waals surface area contributed by atoms with Gasteiger partial charge in [0.15, 0.2) is 0 Å². The van der Waals surface area contributed by atoms with Gasteiger partial charge in [0.05, 0.1) is 11.1 Å². The zero-order chi connectivity index (χ0) is 32.8. The number of rotatable bonds is 22. The van der Waals surface area contributed by atoms with Gasteiger partial charge in [-0.1, -0.05) is 59.4 Å². The molecule has 0 amide bonds. The van der Waals surface area contributed by atoms with Crippen molar-refractivity contribution >= 4 is 58.3 Å². The van der Waals surface area contributed by atoms with Crippen LogP contribution in [0.2, 0.25) is 0 Å². The molecule has 3 N–H and O–H groups in total. The summed E-state index contributed by atoms with van der Waals surface area (Å²) in [6.45, 7) is 14.9. The normalized spacial score (nSPS) is 11.3.